The first kappa shape index (κ1) is 14.2. The number of nitrogen functional groups attached to an aromatic ring is 1. The lowest BCUT2D eigenvalue weighted by atomic mass is 10.2. The molecule has 1 heterocycles. The van der Waals surface area contributed by atoms with E-state index in [2.05, 4.69) is 11.9 Å². The number of aryl methyl sites for hydroxylation is 1. The molecule has 0 saturated carbocycles. The van der Waals surface area contributed by atoms with Gasteiger partial charge in [0, 0.05) is 12.1 Å². The van der Waals surface area contributed by atoms with Gasteiger partial charge in [-0.15, -0.1) is 0 Å². The molecule has 0 radical (unpaired) electrons. The highest BCUT2D eigenvalue weighted by Gasteiger charge is 2.16. The van der Waals surface area contributed by atoms with Crippen LogP contribution in [0.2, 0.25) is 10.0 Å². The molecule has 3 aromatic rings. The summed E-state index contributed by atoms with van der Waals surface area (Å²) in [4.78, 5) is 4.69. The summed E-state index contributed by atoms with van der Waals surface area (Å²) in [7, 11) is 0. The van der Waals surface area contributed by atoms with Crippen molar-refractivity contribution in [2.75, 3.05) is 5.73 Å². The van der Waals surface area contributed by atoms with Crippen molar-refractivity contribution in [3.8, 4) is 5.69 Å². The van der Waals surface area contributed by atoms with Crippen LogP contribution in [-0.2, 0) is 6.42 Å². The van der Waals surface area contributed by atoms with Gasteiger partial charge in [0.1, 0.15) is 5.82 Å². The Kier molecular flexibility index (Phi) is 3.79. The molecule has 2 N–H and O–H groups in total. The molecule has 0 bridgehead atoms. The highest BCUT2D eigenvalue weighted by atomic mass is 35.5. The molecule has 0 spiro atoms. The first-order valence-corrected chi connectivity index (χ1v) is 7.58. The zero-order chi connectivity index (χ0) is 15.0. The smallest absolute Gasteiger partial charge is 0.114 e. The van der Waals surface area contributed by atoms with Crippen molar-refractivity contribution in [3.05, 3.63) is 52.3 Å². The number of hydrogen-bond acceptors (Lipinski definition) is 2. The molecular weight excluding hydrogens is 305 g/mol. The predicted molar refractivity (Wildman–Crippen MR) is 89.5 cm³/mol. The van der Waals surface area contributed by atoms with Crippen LogP contribution >= 0.6 is 23.2 Å². The predicted octanol–water partition coefficient (Wildman–Crippen LogP) is 4.87. The van der Waals surface area contributed by atoms with Gasteiger partial charge in [0.15, 0.2) is 0 Å². The van der Waals surface area contributed by atoms with Gasteiger partial charge in [-0.2, -0.15) is 0 Å². The maximum atomic E-state index is 6.37. The average molecular weight is 320 g/mol. The third kappa shape index (κ3) is 2.47. The van der Waals surface area contributed by atoms with E-state index in [9.17, 15) is 0 Å². The van der Waals surface area contributed by atoms with Crippen molar-refractivity contribution in [3.63, 3.8) is 0 Å². The van der Waals surface area contributed by atoms with Gasteiger partial charge >= 0.3 is 0 Å². The quantitative estimate of drug-likeness (QED) is 0.700. The number of nitrogens with zero attached hydrogens (tertiary/aromatic N) is 2. The van der Waals surface area contributed by atoms with E-state index in [0.29, 0.717) is 15.7 Å². The number of anilines is 1. The first-order valence-electron chi connectivity index (χ1n) is 6.83. The van der Waals surface area contributed by atoms with Gasteiger partial charge in [0.05, 0.1) is 26.8 Å². The van der Waals surface area contributed by atoms with Crippen molar-refractivity contribution in [1.29, 1.82) is 0 Å². The van der Waals surface area contributed by atoms with Crippen LogP contribution in [0.25, 0.3) is 16.7 Å². The Morgan fingerprint density at radius 2 is 1.86 bits per heavy atom. The molecule has 0 saturated heterocycles. The van der Waals surface area contributed by atoms with Gasteiger partial charge in [0.2, 0.25) is 0 Å². The average Bonchev–Trinajstić information content (AvgIpc) is 2.77. The van der Waals surface area contributed by atoms with Crippen LogP contribution in [0, 0.1) is 0 Å². The fourth-order valence-electron chi connectivity index (χ4n) is 2.49. The highest BCUT2D eigenvalue weighted by molar-refractivity contribution is 6.37. The minimum absolute atomic E-state index is 0.607. The maximum Gasteiger partial charge on any atom is 0.114 e. The molecule has 0 aliphatic carbocycles. The van der Waals surface area contributed by atoms with E-state index in [1.807, 2.05) is 41.0 Å². The normalized spacial score (nSPS) is 11.2. The molecule has 1 aromatic heterocycles. The lowest BCUT2D eigenvalue weighted by Gasteiger charge is -2.12. The molecule has 3 nitrogen and oxygen atoms in total. The molecule has 0 aliphatic heterocycles. The van der Waals surface area contributed by atoms with Gasteiger partial charge in [-0.1, -0.05) is 36.2 Å². The number of para-hydroxylation sites is 1. The van der Waals surface area contributed by atoms with Crippen LogP contribution < -0.4 is 5.73 Å². The molecule has 0 fully saturated rings. The minimum Gasteiger partial charge on any atom is -0.399 e. The molecular formula is C16H15Cl2N3. The second-order valence-electron chi connectivity index (χ2n) is 4.93. The standard InChI is InChI=1S/C16H15Cl2N3/c1-2-4-15-20-13-9-10(19)7-8-14(13)21(15)16-11(17)5-3-6-12(16)18/h3,5-9H,2,4,19H2,1H3. The summed E-state index contributed by atoms with van der Waals surface area (Å²) in [6, 6.07) is 11.2. The third-order valence-electron chi connectivity index (χ3n) is 3.38. The van der Waals surface area contributed by atoms with E-state index in [4.69, 9.17) is 28.9 Å². The molecule has 0 unspecified atom stereocenters. The molecule has 2 aromatic carbocycles. The minimum atomic E-state index is 0.607. The largest absolute Gasteiger partial charge is 0.399 e. The Hall–Kier alpha value is -1.71. The van der Waals surface area contributed by atoms with E-state index in [-0.39, 0.29) is 0 Å². The fraction of sp³-hybridized carbons (Fsp3) is 0.188. The lowest BCUT2D eigenvalue weighted by Crippen LogP contribution is -2.02. The molecule has 3 rings (SSSR count). The fourth-order valence-corrected chi connectivity index (χ4v) is 3.06. The van der Waals surface area contributed by atoms with Crippen molar-refractivity contribution in [2.45, 2.75) is 19.8 Å². The van der Waals surface area contributed by atoms with E-state index in [1.54, 1.807) is 0 Å². The van der Waals surface area contributed by atoms with Crippen LogP contribution in [0.5, 0.6) is 0 Å². The molecule has 0 amide bonds. The number of aromatic nitrogens is 2. The summed E-state index contributed by atoms with van der Waals surface area (Å²) in [5.41, 5.74) is 9.14. The Bertz CT molecular complexity index is 788. The van der Waals surface area contributed by atoms with Gasteiger partial charge in [-0.3, -0.25) is 4.57 Å². The topological polar surface area (TPSA) is 43.8 Å². The summed E-state index contributed by atoms with van der Waals surface area (Å²) < 4.78 is 2.03. The second-order valence-corrected chi connectivity index (χ2v) is 5.75. The van der Waals surface area contributed by atoms with Gasteiger partial charge < -0.3 is 5.73 Å². The van der Waals surface area contributed by atoms with Crippen molar-refractivity contribution >= 4 is 39.9 Å². The van der Waals surface area contributed by atoms with Crippen LogP contribution in [0.15, 0.2) is 36.4 Å². The summed E-state index contributed by atoms with van der Waals surface area (Å²) in [6.07, 6.45) is 1.83. The second kappa shape index (κ2) is 5.58. The highest BCUT2D eigenvalue weighted by Crippen LogP contribution is 2.33. The number of benzene rings is 2. The molecule has 0 aliphatic rings. The van der Waals surface area contributed by atoms with Gasteiger partial charge in [-0.25, -0.2) is 4.98 Å². The Morgan fingerprint density at radius 3 is 2.52 bits per heavy atom. The molecule has 21 heavy (non-hydrogen) atoms. The van der Waals surface area contributed by atoms with Crippen LogP contribution in [0.4, 0.5) is 5.69 Å². The van der Waals surface area contributed by atoms with E-state index < -0.39 is 0 Å². The van der Waals surface area contributed by atoms with E-state index in [1.165, 1.54) is 0 Å². The maximum absolute atomic E-state index is 6.37. The Morgan fingerprint density at radius 1 is 1.14 bits per heavy atom. The SMILES string of the molecule is CCCc1nc2cc(N)ccc2n1-c1c(Cl)cccc1Cl. The van der Waals surface area contributed by atoms with Crippen LogP contribution in [0.1, 0.15) is 19.2 Å². The zero-order valence-electron chi connectivity index (χ0n) is 11.6. The summed E-state index contributed by atoms with van der Waals surface area (Å²) in [6.45, 7) is 2.12. The summed E-state index contributed by atoms with van der Waals surface area (Å²) >= 11 is 12.7. The van der Waals surface area contributed by atoms with Gasteiger partial charge in [0.25, 0.3) is 0 Å². The first-order chi connectivity index (χ1) is 10.1. The van der Waals surface area contributed by atoms with Crippen LogP contribution in [-0.4, -0.2) is 9.55 Å². The summed E-state index contributed by atoms with van der Waals surface area (Å²) in [5, 5.41) is 1.21. The van der Waals surface area contributed by atoms with Crippen LogP contribution in [0.3, 0.4) is 0 Å². The van der Waals surface area contributed by atoms with E-state index >= 15 is 0 Å². The lowest BCUT2D eigenvalue weighted by molar-refractivity contribution is 0.818. The Labute approximate surface area is 133 Å². The van der Waals surface area contributed by atoms with Crippen molar-refractivity contribution in [1.82, 2.24) is 9.55 Å². The zero-order valence-corrected chi connectivity index (χ0v) is 13.1. The number of fused-ring (bicyclic) bond motifs is 1. The van der Waals surface area contributed by atoms with Crippen molar-refractivity contribution in [2.24, 2.45) is 0 Å². The van der Waals surface area contributed by atoms with E-state index in [0.717, 1.165) is 35.4 Å². The van der Waals surface area contributed by atoms with Gasteiger partial charge in [-0.05, 0) is 36.8 Å². The number of imidazole rings is 1. The third-order valence-corrected chi connectivity index (χ3v) is 3.99. The monoisotopic (exact) mass is 319 g/mol. The Balaban J connectivity index is 2.36. The number of hydrogen-bond donors (Lipinski definition) is 1. The molecule has 0 atom stereocenters. The summed E-state index contributed by atoms with van der Waals surface area (Å²) in [5.74, 6) is 0.938. The number of nitrogens with two attached hydrogens (primary N) is 1. The number of rotatable bonds is 3. The molecule has 5 heteroatoms. The molecule has 108 valence electrons. The van der Waals surface area contributed by atoms with Crippen molar-refractivity contribution < 1.29 is 0 Å². The number of halogens is 2.